The van der Waals surface area contributed by atoms with Crippen LogP contribution < -0.4 is 10.4 Å². The number of carbonyl (C=O) groups is 2. The van der Waals surface area contributed by atoms with E-state index >= 15 is 0 Å². The number of fused-ring (bicyclic) bond motifs is 1. The molecule has 128 valence electrons. The van der Waals surface area contributed by atoms with Gasteiger partial charge in [0.2, 0.25) is 0 Å². The van der Waals surface area contributed by atoms with E-state index in [1.54, 1.807) is 6.20 Å². The summed E-state index contributed by atoms with van der Waals surface area (Å²) in [6, 6.07) is 15.5. The van der Waals surface area contributed by atoms with E-state index in [1.165, 1.54) is 0 Å². The Balaban J connectivity index is 1.63. The lowest BCUT2D eigenvalue weighted by Gasteiger charge is -2.19. The van der Waals surface area contributed by atoms with Crippen molar-refractivity contribution in [3.8, 4) is 0 Å². The fourth-order valence-electron chi connectivity index (χ4n) is 2.62. The van der Waals surface area contributed by atoms with E-state index < -0.39 is 18.1 Å². The van der Waals surface area contributed by atoms with Crippen molar-refractivity contribution < 1.29 is 19.4 Å². The molecule has 1 heterocycles. The summed E-state index contributed by atoms with van der Waals surface area (Å²) >= 11 is 0. The molecule has 0 saturated heterocycles. The van der Waals surface area contributed by atoms with E-state index in [0.717, 1.165) is 22.0 Å². The van der Waals surface area contributed by atoms with E-state index in [2.05, 4.69) is 10.3 Å². The Hall–Kier alpha value is -3.28. The summed E-state index contributed by atoms with van der Waals surface area (Å²) in [5.41, 5.74) is 2.51. The first-order valence-electron chi connectivity index (χ1n) is 7.86. The van der Waals surface area contributed by atoms with E-state index in [0.29, 0.717) is 0 Å². The number of carboxylic acids is 1. The van der Waals surface area contributed by atoms with Gasteiger partial charge in [-0.15, -0.1) is 0 Å². The van der Waals surface area contributed by atoms with Gasteiger partial charge in [-0.2, -0.15) is 0 Å². The number of rotatable bonds is 6. The fraction of sp³-hybridized carbons (Fsp3) is 0.158. The van der Waals surface area contributed by atoms with E-state index in [4.69, 9.17) is 4.74 Å². The Labute approximate surface area is 144 Å². The third kappa shape index (κ3) is 4.17. The molecule has 0 bridgehead atoms. The number of aliphatic carboxylic acids is 1. The smallest absolute Gasteiger partial charge is 0.408 e. The van der Waals surface area contributed by atoms with Gasteiger partial charge >= 0.3 is 6.09 Å². The molecule has 0 fully saturated rings. The Morgan fingerprint density at radius 2 is 1.80 bits per heavy atom. The third-order valence-corrected chi connectivity index (χ3v) is 3.89. The Morgan fingerprint density at radius 3 is 2.56 bits per heavy atom. The third-order valence-electron chi connectivity index (χ3n) is 3.89. The first kappa shape index (κ1) is 16.6. The van der Waals surface area contributed by atoms with Gasteiger partial charge in [0.25, 0.3) is 0 Å². The predicted molar refractivity (Wildman–Crippen MR) is 90.6 cm³/mol. The summed E-state index contributed by atoms with van der Waals surface area (Å²) in [5.74, 6) is -1.36. The van der Waals surface area contributed by atoms with Gasteiger partial charge in [-0.3, -0.25) is 0 Å². The van der Waals surface area contributed by atoms with Crippen molar-refractivity contribution in [3.63, 3.8) is 0 Å². The van der Waals surface area contributed by atoms with Crippen LogP contribution in [0.5, 0.6) is 0 Å². The predicted octanol–water partition coefficient (Wildman–Crippen LogP) is 1.76. The maximum atomic E-state index is 11.9. The molecule has 3 rings (SSSR count). The number of ether oxygens (including phenoxy) is 1. The molecule has 0 aliphatic heterocycles. The van der Waals surface area contributed by atoms with E-state index in [9.17, 15) is 14.7 Å². The first-order chi connectivity index (χ1) is 12.1. The zero-order valence-corrected chi connectivity index (χ0v) is 13.4. The van der Waals surface area contributed by atoms with Crippen molar-refractivity contribution in [2.24, 2.45) is 0 Å². The van der Waals surface area contributed by atoms with Gasteiger partial charge in [0.15, 0.2) is 0 Å². The van der Waals surface area contributed by atoms with Crippen LogP contribution in [0.1, 0.15) is 11.1 Å². The van der Waals surface area contributed by atoms with Crippen LogP contribution in [0, 0.1) is 0 Å². The highest BCUT2D eigenvalue weighted by Gasteiger charge is 2.17. The maximum absolute atomic E-state index is 11.9. The second-order valence-corrected chi connectivity index (χ2v) is 5.64. The molecule has 1 atom stereocenters. The van der Waals surface area contributed by atoms with Gasteiger partial charge in [-0.05, 0) is 17.2 Å². The van der Waals surface area contributed by atoms with Gasteiger partial charge in [-0.25, -0.2) is 4.79 Å². The van der Waals surface area contributed by atoms with Crippen LogP contribution in [0.3, 0.4) is 0 Å². The number of aromatic amines is 1. The highest BCUT2D eigenvalue weighted by atomic mass is 16.5. The quantitative estimate of drug-likeness (QED) is 0.716. The van der Waals surface area contributed by atoms with E-state index in [-0.39, 0.29) is 13.0 Å². The Kier molecular flexibility index (Phi) is 4.99. The van der Waals surface area contributed by atoms with Crippen molar-refractivity contribution in [3.05, 3.63) is 71.9 Å². The van der Waals surface area contributed by atoms with Crippen molar-refractivity contribution in [1.82, 2.24) is 10.3 Å². The second kappa shape index (κ2) is 7.53. The number of benzene rings is 2. The Bertz CT molecular complexity index is 873. The minimum absolute atomic E-state index is 0.0690. The second-order valence-electron chi connectivity index (χ2n) is 5.64. The van der Waals surface area contributed by atoms with Crippen molar-refractivity contribution in [2.45, 2.75) is 19.1 Å². The van der Waals surface area contributed by atoms with Crippen molar-refractivity contribution >= 4 is 23.0 Å². The molecule has 3 aromatic rings. The molecule has 6 nitrogen and oxygen atoms in total. The van der Waals surface area contributed by atoms with Gasteiger partial charge in [-0.1, -0.05) is 48.5 Å². The van der Waals surface area contributed by atoms with Gasteiger partial charge < -0.3 is 24.9 Å². The number of H-pyrrole nitrogens is 1. The molecule has 1 aromatic heterocycles. The summed E-state index contributed by atoms with van der Waals surface area (Å²) in [6.07, 6.45) is 1.04. The van der Waals surface area contributed by atoms with Gasteiger partial charge in [0, 0.05) is 23.5 Å². The monoisotopic (exact) mass is 337 g/mol. The van der Waals surface area contributed by atoms with Crippen LogP contribution in [0.15, 0.2) is 60.8 Å². The van der Waals surface area contributed by atoms with Crippen molar-refractivity contribution in [2.75, 3.05) is 0 Å². The lowest BCUT2D eigenvalue weighted by Crippen LogP contribution is -2.49. The molecule has 0 aliphatic rings. The molecule has 0 unspecified atom stereocenters. The summed E-state index contributed by atoms with van der Waals surface area (Å²) in [4.78, 5) is 26.3. The van der Waals surface area contributed by atoms with Crippen molar-refractivity contribution in [1.29, 1.82) is 0 Å². The van der Waals surface area contributed by atoms with Gasteiger partial charge in [0.05, 0.1) is 12.0 Å². The average Bonchev–Trinajstić information content (AvgIpc) is 3.03. The number of carboxylic acid groups (broad SMARTS) is 1. The molecule has 6 heteroatoms. The molecule has 1 amide bonds. The van der Waals surface area contributed by atoms with Crippen LogP contribution in [-0.2, 0) is 22.6 Å². The molecular formula is C19H17N2O4-. The summed E-state index contributed by atoms with van der Waals surface area (Å²) in [7, 11) is 0. The van der Waals surface area contributed by atoms with Crippen LogP contribution in [-0.4, -0.2) is 23.1 Å². The lowest BCUT2D eigenvalue weighted by molar-refractivity contribution is -0.308. The molecule has 0 aliphatic carbocycles. The van der Waals surface area contributed by atoms with Crippen LogP contribution in [0.4, 0.5) is 4.79 Å². The minimum Gasteiger partial charge on any atom is -0.548 e. The number of aromatic nitrogens is 1. The zero-order valence-electron chi connectivity index (χ0n) is 13.4. The lowest BCUT2D eigenvalue weighted by atomic mass is 10.1. The standard InChI is InChI=1S/C19H18N2O4/c22-18(23)17(10-14-11-20-16-9-5-4-8-15(14)16)21-19(24)25-12-13-6-2-1-3-7-13/h1-9,11,17,20H,10,12H2,(H,21,24)(H,22,23)/p-1/t17-/m1/s1. The summed E-state index contributed by atoms with van der Waals surface area (Å²) in [6.45, 7) is 0.0690. The minimum atomic E-state index is -1.36. The molecule has 2 aromatic carbocycles. The largest absolute Gasteiger partial charge is 0.548 e. The molecule has 0 radical (unpaired) electrons. The SMILES string of the molecule is O=C(N[C@H](Cc1c[nH]c2ccccc12)C(=O)[O-])OCc1ccccc1. The number of alkyl carbamates (subject to hydrolysis) is 1. The highest BCUT2D eigenvalue weighted by molar-refractivity contribution is 5.85. The number of hydrogen-bond acceptors (Lipinski definition) is 4. The van der Waals surface area contributed by atoms with Crippen LogP contribution >= 0.6 is 0 Å². The molecule has 0 spiro atoms. The summed E-state index contributed by atoms with van der Waals surface area (Å²) < 4.78 is 5.07. The van der Waals surface area contributed by atoms with Crippen LogP contribution in [0.25, 0.3) is 10.9 Å². The number of carbonyl (C=O) groups excluding carboxylic acids is 2. The number of hydrogen-bond donors (Lipinski definition) is 2. The summed E-state index contributed by atoms with van der Waals surface area (Å²) in [5, 5.41) is 14.6. The topological polar surface area (TPSA) is 94.2 Å². The number of para-hydroxylation sites is 1. The van der Waals surface area contributed by atoms with E-state index in [1.807, 2.05) is 54.6 Å². The molecule has 25 heavy (non-hydrogen) atoms. The Morgan fingerprint density at radius 1 is 1.08 bits per heavy atom. The maximum Gasteiger partial charge on any atom is 0.408 e. The number of amides is 1. The molecule has 2 N–H and O–H groups in total. The normalized spacial score (nSPS) is 11.8. The highest BCUT2D eigenvalue weighted by Crippen LogP contribution is 2.19. The van der Waals surface area contributed by atoms with Gasteiger partial charge in [0.1, 0.15) is 6.61 Å². The first-order valence-corrected chi connectivity index (χ1v) is 7.86. The zero-order chi connectivity index (χ0) is 17.6. The molecular weight excluding hydrogens is 320 g/mol. The number of nitrogens with one attached hydrogen (secondary N) is 2. The van der Waals surface area contributed by atoms with Crippen LogP contribution in [0.2, 0.25) is 0 Å². The fourth-order valence-corrected chi connectivity index (χ4v) is 2.62. The molecule has 0 saturated carbocycles. The average molecular weight is 337 g/mol.